The largest absolute Gasteiger partial charge is 0.481 e. The lowest BCUT2D eigenvalue weighted by Crippen LogP contribution is -2.21. The van der Waals surface area contributed by atoms with Gasteiger partial charge in [0.25, 0.3) is 0 Å². The molecule has 0 bridgehead atoms. The second kappa shape index (κ2) is 16.0. The summed E-state index contributed by atoms with van der Waals surface area (Å²) in [5.41, 5.74) is 2.24. The fourth-order valence-corrected chi connectivity index (χ4v) is 2.82. The average molecular weight is 688 g/mol. The number of carbonyl (C=O) groups excluding carboxylic acids is 1. The Morgan fingerprint density at radius 1 is 0.897 bits per heavy atom. The van der Waals surface area contributed by atoms with E-state index in [2.05, 4.69) is 37.2 Å². The zero-order valence-electron chi connectivity index (χ0n) is 20.3. The maximum Gasteiger partial charge on any atom is 0.417 e. The third kappa shape index (κ3) is 12.4. The summed E-state index contributed by atoms with van der Waals surface area (Å²) >= 11 is 6.15. The Morgan fingerprint density at radius 2 is 1.33 bits per heavy atom. The molecule has 0 aliphatic heterocycles. The van der Waals surface area contributed by atoms with Gasteiger partial charge < -0.3 is 16.2 Å². The summed E-state index contributed by atoms with van der Waals surface area (Å²) in [4.78, 5) is 21.5. The van der Waals surface area contributed by atoms with E-state index in [1.54, 1.807) is 13.8 Å². The van der Waals surface area contributed by atoms with Crippen molar-refractivity contribution >= 4 is 55.1 Å². The number of carboxylic acids is 1. The summed E-state index contributed by atoms with van der Waals surface area (Å²) in [7, 11) is 0. The summed E-state index contributed by atoms with van der Waals surface area (Å²) in [6.07, 6.45) is -9.16. The van der Waals surface area contributed by atoms with Crippen LogP contribution in [-0.2, 0) is 21.9 Å². The first-order chi connectivity index (χ1) is 17.9. The second-order valence-electron chi connectivity index (χ2n) is 7.72. The third-order valence-corrected chi connectivity index (χ3v) is 6.46. The summed E-state index contributed by atoms with van der Waals surface area (Å²) in [5, 5.41) is 28.5. The van der Waals surface area contributed by atoms with Crippen molar-refractivity contribution in [3.63, 3.8) is 0 Å². The molecule has 39 heavy (non-hydrogen) atoms. The molecule has 2 aromatic carbocycles. The number of carboxylic acid groups (broad SMARTS) is 1. The standard InChI is InChI=1S/C12H10BrF3N2O.C8H5F3N2.C4H7BrO2/c1-7(5-13)11(19)18-9-3-2-8(6-17)10(4-9)12(14,15)16;9-8(10,11)7-3-6(13)2-1-5(7)4-12;1-3(2-5)4(6)7/h2-4,7H,5H2,1H3,(H,18,19);1-3H,13H2;3H,2H2,1H3,(H,6,7). The van der Waals surface area contributed by atoms with Crippen LogP contribution in [0.4, 0.5) is 37.7 Å². The predicted octanol–water partition coefficient (Wildman–Crippen LogP) is 6.81. The Hall–Kier alpha value is -3.30. The quantitative estimate of drug-likeness (QED) is 0.179. The lowest BCUT2D eigenvalue weighted by molar-refractivity contribution is -0.140. The van der Waals surface area contributed by atoms with Crippen molar-refractivity contribution in [3.05, 3.63) is 58.7 Å². The molecule has 0 radical (unpaired) electrons. The number of nitrogens with one attached hydrogen (secondary N) is 1. The minimum absolute atomic E-state index is 0.00803. The summed E-state index contributed by atoms with van der Waals surface area (Å²) < 4.78 is 74.7. The number of nitrogen functional groups attached to an aromatic ring is 1. The van der Waals surface area contributed by atoms with Crippen molar-refractivity contribution in [1.82, 2.24) is 0 Å². The van der Waals surface area contributed by atoms with E-state index in [-0.39, 0.29) is 23.2 Å². The highest BCUT2D eigenvalue weighted by molar-refractivity contribution is 9.09. The van der Waals surface area contributed by atoms with Crippen LogP contribution in [0.25, 0.3) is 0 Å². The van der Waals surface area contributed by atoms with Gasteiger partial charge in [-0.2, -0.15) is 36.9 Å². The van der Waals surface area contributed by atoms with Crippen LogP contribution in [0.15, 0.2) is 36.4 Å². The second-order valence-corrected chi connectivity index (χ2v) is 9.02. The topological polar surface area (TPSA) is 140 Å². The van der Waals surface area contributed by atoms with Crippen LogP contribution < -0.4 is 11.1 Å². The molecule has 4 N–H and O–H groups in total. The number of anilines is 2. The SMILES string of the molecule is CC(CBr)C(=O)Nc1ccc(C#N)c(C(F)(F)F)c1.CC(CBr)C(=O)O.N#Cc1ccc(N)cc1C(F)(F)F. The van der Waals surface area contributed by atoms with Crippen LogP contribution in [0.2, 0.25) is 0 Å². The van der Waals surface area contributed by atoms with E-state index in [0.29, 0.717) is 10.7 Å². The molecule has 1 amide bonds. The van der Waals surface area contributed by atoms with Crippen LogP contribution in [0.5, 0.6) is 0 Å². The molecular weight excluding hydrogens is 666 g/mol. The van der Waals surface area contributed by atoms with Gasteiger partial charge in [0.05, 0.1) is 40.3 Å². The van der Waals surface area contributed by atoms with Crippen molar-refractivity contribution in [3.8, 4) is 12.1 Å². The zero-order chi connectivity index (χ0) is 30.6. The fourth-order valence-electron chi connectivity index (χ4n) is 2.25. The Balaban J connectivity index is 0.000000622. The van der Waals surface area contributed by atoms with Crippen LogP contribution in [-0.4, -0.2) is 27.6 Å². The van der Waals surface area contributed by atoms with E-state index in [9.17, 15) is 35.9 Å². The molecule has 2 atom stereocenters. The Bertz CT molecular complexity index is 1220. The highest BCUT2D eigenvalue weighted by atomic mass is 79.9. The Kier molecular flexibility index (Phi) is 14.6. The molecule has 7 nitrogen and oxygen atoms in total. The average Bonchev–Trinajstić information content (AvgIpc) is 2.87. The molecule has 0 aliphatic rings. The van der Waals surface area contributed by atoms with E-state index in [4.69, 9.17) is 21.4 Å². The number of nitrogens with two attached hydrogens (primary N) is 1. The van der Waals surface area contributed by atoms with Gasteiger partial charge in [0.15, 0.2) is 0 Å². The maximum absolute atomic E-state index is 12.7. The molecule has 0 heterocycles. The highest BCUT2D eigenvalue weighted by Gasteiger charge is 2.34. The lowest BCUT2D eigenvalue weighted by Gasteiger charge is -2.13. The molecule has 0 spiro atoms. The molecule has 0 aromatic heterocycles. The van der Waals surface area contributed by atoms with Crippen LogP contribution in [0.3, 0.4) is 0 Å². The van der Waals surface area contributed by atoms with E-state index >= 15 is 0 Å². The number of rotatable bonds is 5. The number of benzene rings is 2. The van der Waals surface area contributed by atoms with Crippen LogP contribution >= 0.6 is 31.9 Å². The molecule has 15 heteroatoms. The number of hydrogen-bond acceptors (Lipinski definition) is 5. The van der Waals surface area contributed by atoms with Crippen LogP contribution in [0, 0.1) is 34.5 Å². The molecule has 2 unspecified atom stereocenters. The number of carbonyl (C=O) groups is 2. The number of aliphatic carboxylic acids is 1. The van der Waals surface area contributed by atoms with Gasteiger partial charge >= 0.3 is 18.3 Å². The Morgan fingerprint density at radius 3 is 1.69 bits per heavy atom. The normalized spacial score (nSPS) is 12.2. The van der Waals surface area contributed by atoms with Crippen molar-refractivity contribution in [2.24, 2.45) is 11.8 Å². The van der Waals surface area contributed by atoms with E-state index < -0.39 is 46.5 Å². The number of alkyl halides is 8. The van der Waals surface area contributed by atoms with Crippen molar-refractivity contribution < 1.29 is 41.0 Å². The predicted molar refractivity (Wildman–Crippen MR) is 139 cm³/mol. The molecule has 0 saturated heterocycles. The van der Waals surface area contributed by atoms with E-state index in [1.807, 2.05) is 0 Å². The third-order valence-electron chi connectivity index (χ3n) is 4.51. The smallest absolute Gasteiger partial charge is 0.417 e. The molecule has 0 saturated carbocycles. The van der Waals surface area contributed by atoms with Gasteiger partial charge in [-0.3, -0.25) is 9.59 Å². The minimum atomic E-state index is -4.63. The molecule has 212 valence electrons. The Labute approximate surface area is 236 Å². The van der Waals surface area contributed by atoms with Crippen molar-refractivity contribution in [2.45, 2.75) is 26.2 Å². The monoisotopic (exact) mass is 686 g/mol. The van der Waals surface area contributed by atoms with Crippen LogP contribution in [0.1, 0.15) is 36.1 Å². The molecule has 2 aromatic rings. The van der Waals surface area contributed by atoms with Gasteiger partial charge in [-0.05, 0) is 36.4 Å². The number of hydrogen-bond donors (Lipinski definition) is 3. The summed E-state index contributed by atoms with van der Waals surface area (Å²) in [6.45, 7) is 3.29. The molecular formula is C24H22Br2F6N4O3. The molecule has 0 fully saturated rings. The van der Waals surface area contributed by atoms with Gasteiger partial charge in [0.2, 0.25) is 5.91 Å². The van der Waals surface area contributed by atoms with Crippen molar-refractivity contribution in [1.29, 1.82) is 10.5 Å². The van der Waals surface area contributed by atoms with Gasteiger partial charge in [-0.1, -0.05) is 45.7 Å². The lowest BCUT2D eigenvalue weighted by atomic mass is 10.1. The number of nitriles is 2. The summed E-state index contributed by atoms with van der Waals surface area (Å²) in [5.74, 6) is -1.78. The van der Waals surface area contributed by atoms with Gasteiger partial charge in [0, 0.05) is 28.0 Å². The fraction of sp³-hybridized carbons (Fsp3) is 0.333. The number of nitrogens with zero attached hydrogens (tertiary/aromatic N) is 2. The number of halogens is 8. The van der Waals surface area contributed by atoms with Crippen molar-refractivity contribution in [2.75, 3.05) is 21.7 Å². The highest BCUT2D eigenvalue weighted by Crippen LogP contribution is 2.34. The minimum Gasteiger partial charge on any atom is -0.481 e. The maximum atomic E-state index is 12.7. The van der Waals surface area contributed by atoms with Gasteiger partial charge in [-0.25, -0.2) is 0 Å². The van der Waals surface area contributed by atoms with Gasteiger partial charge in [-0.15, -0.1) is 0 Å². The summed E-state index contributed by atoms with van der Waals surface area (Å²) in [6, 6.07) is 9.06. The molecule has 2 rings (SSSR count). The molecule has 0 aliphatic carbocycles. The first kappa shape index (κ1) is 35.7. The zero-order valence-corrected chi connectivity index (χ0v) is 23.5. The first-order valence-corrected chi connectivity index (χ1v) is 12.8. The van der Waals surface area contributed by atoms with Gasteiger partial charge in [0.1, 0.15) is 0 Å². The first-order valence-electron chi connectivity index (χ1n) is 10.6. The number of amides is 1. The van der Waals surface area contributed by atoms with E-state index in [1.165, 1.54) is 24.3 Å². The van der Waals surface area contributed by atoms with E-state index in [0.717, 1.165) is 24.3 Å².